The maximum Gasteiger partial charge on any atom is 0.251 e. The van der Waals surface area contributed by atoms with Crippen molar-refractivity contribution < 1.29 is 9.59 Å². The number of anilines is 2. The van der Waals surface area contributed by atoms with Gasteiger partial charge < -0.3 is 16.0 Å². The summed E-state index contributed by atoms with van der Waals surface area (Å²) in [6, 6.07) is 11.8. The van der Waals surface area contributed by atoms with Gasteiger partial charge in [-0.1, -0.05) is 42.6 Å². The maximum atomic E-state index is 12.1. The lowest BCUT2D eigenvalue weighted by Gasteiger charge is -2.10. The fraction of sp³-hybridized carbons (Fsp3) is 0.263. The van der Waals surface area contributed by atoms with Crippen molar-refractivity contribution in [2.24, 2.45) is 0 Å². The molecule has 5 nitrogen and oxygen atoms in total. The number of nitrogens with one attached hydrogen (secondary N) is 3. The number of hydrogen-bond acceptors (Lipinski definition) is 3. The van der Waals surface area contributed by atoms with Crippen LogP contribution in [0.1, 0.15) is 30.1 Å². The SMILES string of the molecule is CCCCNC(=O)c1cccc(NC(=O)CNc2ccc(Cl)cc2Cl)c1. The lowest BCUT2D eigenvalue weighted by molar-refractivity contribution is -0.114. The molecule has 2 aromatic rings. The number of unbranched alkanes of at least 4 members (excludes halogenated alkanes) is 1. The van der Waals surface area contributed by atoms with Crippen LogP contribution in [0.25, 0.3) is 0 Å². The van der Waals surface area contributed by atoms with Gasteiger partial charge in [0.2, 0.25) is 5.91 Å². The molecule has 0 spiro atoms. The van der Waals surface area contributed by atoms with Gasteiger partial charge in [-0.15, -0.1) is 0 Å². The van der Waals surface area contributed by atoms with Gasteiger partial charge in [-0.3, -0.25) is 9.59 Å². The highest BCUT2D eigenvalue weighted by molar-refractivity contribution is 6.36. The first kappa shape index (κ1) is 20.1. The monoisotopic (exact) mass is 393 g/mol. The minimum absolute atomic E-state index is 0.0360. The summed E-state index contributed by atoms with van der Waals surface area (Å²) in [6.07, 6.45) is 1.95. The largest absolute Gasteiger partial charge is 0.375 e. The number of amides is 2. The van der Waals surface area contributed by atoms with Crippen molar-refractivity contribution in [2.75, 3.05) is 23.7 Å². The molecule has 26 heavy (non-hydrogen) atoms. The molecule has 2 aromatic carbocycles. The van der Waals surface area contributed by atoms with E-state index in [-0.39, 0.29) is 18.4 Å². The van der Waals surface area contributed by atoms with Crippen LogP contribution in [0, 0.1) is 0 Å². The van der Waals surface area contributed by atoms with Crippen LogP contribution in [-0.2, 0) is 4.79 Å². The van der Waals surface area contributed by atoms with Crippen LogP contribution in [0.2, 0.25) is 10.0 Å². The molecule has 0 saturated carbocycles. The highest BCUT2D eigenvalue weighted by atomic mass is 35.5. The van der Waals surface area contributed by atoms with Crippen LogP contribution >= 0.6 is 23.2 Å². The maximum absolute atomic E-state index is 12.1. The van der Waals surface area contributed by atoms with Crippen LogP contribution in [0.4, 0.5) is 11.4 Å². The second kappa shape index (κ2) is 10.0. The number of carbonyl (C=O) groups excluding carboxylic acids is 2. The fourth-order valence-electron chi connectivity index (χ4n) is 2.23. The van der Waals surface area contributed by atoms with Crippen molar-refractivity contribution in [2.45, 2.75) is 19.8 Å². The Hall–Kier alpha value is -2.24. The van der Waals surface area contributed by atoms with Gasteiger partial charge in [-0.25, -0.2) is 0 Å². The topological polar surface area (TPSA) is 70.2 Å². The first-order chi connectivity index (χ1) is 12.5. The van der Waals surface area contributed by atoms with Crippen molar-refractivity contribution >= 4 is 46.4 Å². The highest BCUT2D eigenvalue weighted by Crippen LogP contribution is 2.25. The van der Waals surface area contributed by atoms with E-state index in [0.29, 0.717) is 33.5 Å². The lowest BCUT2D eigenvalue weighted by Crippen LogP contribution is -2.25. The van der Waals surface area contributed by atoms with Crippen molar-refractivity contribution in [1.29, 1.82) is 0 Å². The van der Waals surface area contributed by atoms with E-state index in [0.717, 1.165) is 12.8 Å². The first-order valence-corrected chi connectivity index (χ1v) is 9.12. The Labute approximate surface area is 163 Å². The molecule has 0 saturated heterocycles. The molecule has 138 valence electrons. The number of rotatable bonds is 8. The molecule has 2 rings (SSSR count). The molecule has 2 amide bonds. The molecule has 0 aromatic heterocycles. The average Bonchev–Trinajstić information content (AvgIpc) is 2.61. The summed E-state index contributed by atoms with van der Waals surface area (Å²) in [4.78, 5) is 24.2. The second-order valence-electron chi connectivity index (χ2n) is 5.72. The molecule has 0 atom stereocenters. The summed E-state index contributed by atoms with van der Waals surface area (Å²) >= 11 is 11.9. The van der Waals surface area contributed by atoms with Crippen molar-refractivity contribution in [3.05, 3.63) is 58.1 Å². The zero-order chi connectivity index (χ0) is 18.9. The third-order valence-corrected chi connectivity index (χ3v) is 4.14. The minimum Gasteiger partial charge on any atom is -0.375 e. The molecule has 0 aliphatic heterocycles. The average molecular weight is 394 g/mol. The molecular weight excluding hydrogens is 373 g/mol. The molecule has 3 N–H and O–H groups in total. The summed E-state index contributed by atoms with van der Waals surface area (Å²) in [5.74, 6) is -0.403. The standard InChI is InChI=1S/C19H21Cl2N3O2/c1-2-3-9-22-19(26)13-5-4-6-15(10-13)24-18(25)12-23-17-8-7-14(20)11-16(17)21/h4-8,10-11,23H,2-3,9,12H2,1H3,(H,22,26)(H,24,25). The zero-order valence-corrected chi connectivity index (χ0v) is 16.0. The Morgan fingerprint density at radius 3 is 2.62 bits per heavy atom. The van der Waals surface area contributed by atoms with Crippen LogP contribution in [0.5, 0.6) is 0 Å². The second-order valence-corrected chi connectivity index (χ2v) is 6.56. The van der Waals surface area contributed by atoms with E-state index in [1.54, 1.807) is 42.5 Å². The normalized spacial score (nSPS) is 10.3. The quantitative estimate of drug-likeness (QED) is 0.575. The van der Waals surface area contributed by atoms with Gasteiger partial charge in [0, 0.05) is 22.8 Å². The van der Waals surface area contributed by atoms with Gasteiger partial charge in [-0.05, 0) is 42.8 Å². The molecule has 0 aliphatic carbocycles. The number of halogens is 2. The van der Waals surface area contributed by atoms with Crippen molar-refractivity contribution in [3.63, 3.8) is 0 Å². The van der Waals surface area contributed by atoms with E-state index in [1.807, 2.05) is 0 Å². The van der Waals surface area contributed by atoms with Crippen molar-refractivity contribution in [1.82, 2.24) is 5.32 Å². The van der Waals surface area contributed by atoms with Gasteiger partial charge in [0.1, 0.15) is 0 Å². The predicted molar refractivity (Wildman–Crippen MR) is 107 cm³/mol. The van der Waals surface area contributed by atoms with Crippen LogP contribution < -0.4 is 16.0 Å². The van der Waals surface area contributed by atoms with Crippen LogP contribution in [0.15, 0.2) is 42.5 Å². The number of benzene rings is 2. The summed E-state index contributed by atoms with van der Waals surface area (Å²) in [6.45, 7) is 2.74. The van der Waals surface area contributed by atoms with Crippen molar-refractivity contribution in [3.8, 4) is 0 Å². The Morgan fingerprint density at radius 1 is 1.08 bits per heavy atom. The molecule has 0 heterocycles. The third-order valence-electron chi connectivity index (χ3n) is 3.59. The lowest BCUT2D eigenvalue weighted by atomic mass is 10.2. The Kier molecular flexibility index (Phi) is 7.75. The van der Waals surface area contributed by atoms with Crippen LogP contribution in [-0.4, -0.2) is 24.9 Å². The van der Waals surface area contributed by atoms with E-state index in [9.17, 15) is 9.59 Å². The van der Waals surface area contributed by atoms with E-state index in [4.69, 9.17) is 23.2 Å². The molecule has 0 aliphatic rings. The number of hydrogen-bond donors (Lipinski definition) is 3. The Morgan fingerprint density at radius 2 is 1.88 bits per heavy atom. The van der Waals surface area contributed by atoms with E-state index >= 15 is 0 Å². The van der Waals surface area contributed by atoms with Gasteiger partial charge in [-0.2, -0.15) is 0 Å². The molecular formula is C19H21Cl2N3O2. The predicted octanol–water partition coefficient (Wildman–Crippen LogP) is 4.57. The van der Waals surface area contributed by atoms with Gasteiger partial charge in [0.05, 0.1) is 17.3 Å². The summed E-state index contributed by atoms with van der Waals surface area (Å²) < 4.78 is 0. The molecule has 0 unspecified atom stereocenters. The van der Waals surface area contributed by atoms with Gasteiger partial charge >= 0.3 is 0 Å². The molecule has 0 bridgehead atoms. The smallest absolute Gasteiger partial charge is 0.251 e. The summed E-state index contributed by atoms with van der Waals surface area (Å²) in [5.41, 5.74) is 1.69. The highest BCUT2D eigenvalue weighted by Gasteiger charge is 2.08. The van der Waals surface area contributed by atoms with Gasteiger partial charge in [0.25, 0.3) is 5.91 Å². The van der Waals surface area contributed by atoms with Crippen LogP contribution in [0.3, 0.4) is 0 Å². The molecule has 0 radical (unpaired) electrons. The summed E-state index contributed by atoms with van der Waals surface area (Å²) in [7, 11) is 0. The third kappa shape index (κ3) is 6.24. The van der Waals surface area contributed by atoms with E-state index in [2.05, 4.69) is 22.9 Å². The zero-order valence-electron chi connectivity index (χ0n) is 14.4. The van der Waals surface area contributed by atoms with E-state index in [1.165, 1.54) is 0 Å². The molecule has 0 fully saturated rings. The molecule has 7 heteroatoms. The first-order valence-electron chi connectivity index (χ1n) is 8.36. The van der Waals surface area contributed by atoms with E-state index < -0.39 is 0 Å². The number of carbonyl (C=O) groups is 2. The Bertz CT molecular complexity index is 781. The summed E-state index contributed by atoms with van der Waals surface area (Å²) in [5, 5.41) is 9.52. The fourth-order valence-corrected chi connectivity index (χ4v) is 2.71. The minimum atomic E-state index is -0.250. The Balaban J connectivity index is 1.90. The van der Waals surface area contributed by atoms with Gasteiger partial charge in [0.15, 0.2) is 0 Å².